The number of esters is 1. The van der Waals surface area contributed by atoms with Crippen LogP contribution in [0.5, 0.6) is 5.75 Å². The minimum Gasteiger partial charge on any atom is -0.494 e. The number of rotatable bonds is 13. The second-order valence-electron chi connectivity index (χ2n) is 7.65. The van der Waals surface area contributed by atoms with E-state index in [2.05, 4.69) is 31.2 Å². The van der Waals surface area contributed by atoms with Crippen molar-refractivity contribution >= 4 is 5.97 Å². The molecule has 0 aliphatic rings. The number of benzene rings is 2. The molecule has 0 aliphatic carbocycles. The molecule has 0 amide bonds. The molecule has 164 valence electrons. The number of hydrogen-bond acceptors (Lipinski definition) is 4. The van der Waals surface area contributed by atoms with Crippen molar-refractivity contribution in [2.75, 3.05) is 13.2 Å². The molecule has 0 bridgehead atoms. The average Bonchev–Trinajstić information content (AvgIpc) is 2.77. The molecule has 0 spiro atoms. The monoisotopic (exact) mass is 412 g/mol. The van der Waals surface area contributed by atoms with Crippen LogP contribution in [0.1, 0.15) is 71.5 Å². The van der Waals surface area contributed by atoms with Gasteiger partial charge in [0.1, 0.15) is 11.9 Å². The quantitative estimate of drug-likeness (QED) is 0.270. The molecule has 0 N–H and O–H groups in total. The van der Waals surface area contributed by atoms with Gasteiger partial charge in [0.2, 0.25) is 0 Å². The van der Waals surface area contributed by atoms with Gasteiger partial charge in [0, 0.05) is 6.61 Å². The summed E-state index contributed by atoms with van der Waals surface area (Å²) in [7, 11) is 0. The molecule has 30 heavy (non-hydrogen) atoms. The highest BCUT2D eigenvalue weighted by molar-refractivity contribution is 5.74. The van der Waals surface area contributed by atoms with Gasteiger partial charge in [0.05, 0.1) is 6.61 Å². The molecular formula is C26H36O4. The Labute approximate surface area is 181 Å². The molecule has 0 saturated carbocycles. The van der Waals surface area contributed by atoms with Crippen LogP contribution in [0.3, 0.4) is 0 Å². The molecule has 0 fully saturated rings. The van der Waals surface area contributed by atoms with E-state index in [-0.39, 0.29) is 12.1 Å². The predicted molar refractivity (Wildman–Crippen MR) is 122 cm³/mol. The Morgan fingerprint density at radius 3 is 2.03 bits per heavy atom. The molecule has 4 heteroatoms. The van der Waals surface area contributed by atoms with E-state index in [1.54, 1.807) is 6.92 Å². The number of ether oxygens (including phenoxy) is 3. The summed E-state index contributed by atoms with van der Waals surface area (Å²) in [5.74, 6) is 0.581. The molecular weight excluding hydrogens is 376 g/mol. The Bertz CT molecular complexity index is 737. The molecule has 0 radical (unpaired) electrons. The van der Waals surface area contributed by atoms with Gasteiger partial charge >= 0.3 is 5.97 Å². The first-order chi connectivity index (χ1) is 14.5. The molecule has 4 nitrogen and oxygen atoms in total. The second kappa shape index (κ2) is 13.1. The van der Waals surface area contributed by atoms with Crippen LogP contribution in [0.4, 0.5) is 0 Å². The largest absolute Gasteiger partial charge is 0.494 e. The molecule has 0 heterocycles. The Balaban J connectivity index is 1.88. The maximum absolute atomic E-state index is 12.1. The molecule has 2 rings (SSSR count). The zero-order chi connectivity index (χ0) is 21.8. The van der Waals surface area contributed by atoms with Gasteiger partial charge in [-0.15, -0.1) is 0 Å². The van der Waals surface area contributed by atoms with Crippen LogP contribution in [-0.4, -0.2) is 25.3 Å². The van der Waals surface area contributed by atoms with E-state index < -0.39 is 6.10 Å². The van der Waals surface area contributed by atoms with Crippen molar-refractivity contribution in [2.45, 2.75) is 72.0 Å². The Hall–Kier alpha value is -2.33. The number of carbonyl (C=O) groups is 1. The van der Waals surface area contributed by atoms with Crippen molar-refractivity contribution in [3.63, 3.8) is 0 Å². The fourth-order valence-corrected chi connectivity index (χ4v) is 3.11. The predicted octanol–water partition coefficient (Wildman–Crippen LogP) is 6.73. The number of hydrogen-bond donors (Lipinski definition) is 0. The van der Waals surface area contributed by atoms with Crippen LogP contribution in [0.2, 0.25) is 0 Å². The molecule has 2 aromatic carbocycles. The van der Waals surface area contributed by atoms with Gasteiger partial charge in [-0.2, -0.15) is 0 Å². The van der Waals surface area contributed by atoms with Crippen molar-refractivity contribution in [1.29, 1.82) is 0 Å². The molecule has 0 aromatic heterocycles. The second-order valence-corrected chi connectivity index (χ2v) is 7.65. The minimum absolute atomic E-state index is 0.317. The lowest BCUT2D eigenvalue weighted by Crippen LogP contribution is -2.24. The van der Waals surface area contributed by atoms with Crippen molar-refractivity contribution in [3.05, 3.63) is 54.1 Å². The van der Waals surface area contributed by atoms with Crippen LogP contribution in [0, 0.1) is 0 Å². The number of carbonyl (C=O) groups excluding carboxylic acids is 1. The number of unbranched alkanes of at least 4 members (excludes halogenated alkanes) is 3. The van der Waals surface area contributed by atoms with E-state index >= 15 is 0 Å². The van der Waals surface area contributed by atoms with Gasteiger partial charge in [-0.3, -0.25) is 0 Å². The lowest BCUT2D eigenvalue weighted by molar-refractivity contribution is -0.161. The summed E-state index contributed by atoms with van der Waals surface area (Å²) < 4.78 is 16.8. The first-order valence-electron chi connectivity index (χ1n) is 11.2. The van der Waals surface area contributed by atoms with Crippen molar-refractivity contribution in [1.82, 2.24) is 0 Å². The van der Waals surface area contributed by atoms with Crippen molar-refractivity contribution in [3.8, 4) is 16.9 Å². The molecule has 2 atom stereocenters. The minimum atomic E-state index is -0.543. The summed E-state index contributed by atoms with van der Waals surface area (Å²) in [5, 5.41) is 0. The van der Waals surface area contributed by atoms with Crippen LogP contribution >= 0.6 is 0 Å². The summed E-state index contributed by atoms with van der Waals surface area (Å²) in [4.78, 5) is 12.1. The van der Waals surface area contributed by atoms with Gasteiger partial charge in [0.25, 0.3) is 0 Å². The highest BCUT2D eigenvalue weighted by Gasteiger charge is 2.18. The lowest BCUT2D eigenvalue weighted by atomic mass is 10.0. The van der Waals surface area contributed by atoms with E-state index in [1.807, 2.05) is 38.1 Å². The van der Waals surface area contributed by atoms with E-state index in [0.29, 0.717) is 6.61 Å². The fourth-order valence-electron chi connectivity index (χ4n) is 3.11. The van der Waals surface area contributed by atoms with Crippen molar-refractivity contribution in [2.24, 2.45) is 0 Å². The van der Waals surface area contributed by atoms with Gasteiger partial charge in [-0.1, -0.05) is 69.5 Å². The maximum atomic E-state index is 12.1. The zero-order valence-electron chi connectivity index (χ0n) is 18.9. The van der Waals surface area contributed by atoms with Crippen LogP contribution in [0.25, 0.3) is 11.1 Å². The van der Waals surface area contributed by atoms with Gasteiger partial charge in [0.15, 0.2) is 6.10 Å². The Kier molecular flexibility index (Phi) is 10.4. The summed E-state index contributed by atoms with van der Waals surface area (Å²) in [5.41, 5.74) is 3.21. The third-order valence-electron chi connectivity index (χ3n) is 5.03. The summed E-state index contributed by atoms with van der Waals surface area (Å²) in [6, 6.07) is 16.3. The van der Waals surface area contributed by atoms with E-state index in [1.165, 1.54) is 19.3 Å². The van der Waals surface area contributed by atoms with Crippen LogP contribution < -0.4 is 4.74 Å². The molecule has 2 aromatic rings. The highest BCUT2D eigenvalue weighted by Crippen LogP contribution is 2.25. The standard InChI is InChI=1S/C26H36O4/c1-5-7-8-9-19-29-25-16-14-24(15-17-25)23-12-10-22(11-13-23)20(3)30-26(27)21(4)28-18-6-2/h10-17,20-21H,5-9,18-19H2,1-4H3. The third kappa shape index (κ3) is 7.83. The molecule has 2 unspecified atom stereocenters. The molecule has 0 saturated heterocycles. The smallest absolute Gasteiger partial charge is 0.335 e. The lowest BCUT2D eigenvalue weighted by Gasteiger charge is -2.17. The van der Waals surface area contributed by atoms with Crippen LogP contribution in [-0.2, 0) is 14.3 Å². The summed E-state index contributed by atoms with van der Waals surface area (Å²) >= 11 is 0. The van der Waals surface area contributed by atoms with E-state index in [4.69, 9.17) is 14.2 Å². The SMILES string of the molecule is CCCCCCOc1ccc(-c2ccc(C(C)OC(=O)C(C)OCCC)cc2)cc1. The van der Waals surface area contributed by atoms with E-state index in [0.717, 1.165) is 41.9 Å². The van der Waals surface area contributed by atoms with Gasteiger partial charge in [-0.25, -0.2) is 4.79 Å². The molecule has 0 aliphatic heterocycles. The topological polar surface area (TPSA) is 44.8 Å². The van der Waals surface area contributed by atoms with E-state index in [9.17, 15) is 4.79 Å². The summed E-state index contributed by atoms with van der Waals surface area (Å²) in [6.45, 7) is 9.16. The Morgan fingerprint density at radius 1 is 0.800 bits per heavy atom. The summed E-state index contributed by atoms with van der Waals surface area (Å²) in [6.07, 6.45) is 4.84. The fraction of sp³-hybridized carbons (Fsp3) is 0.500. The first kappa shape index (κ1) is 23.9. The zero-order valence-corrected chi connectivity index (χ0v) is 18.9. The highest BCUT2D eigenvalue weighted by atomic mass is 16.6. The van der Waals surface area contributed by atoms with Crippen molar-refractivity contribution < 1.29 is 19.0 Å². The average molecular weight is 413 g/mol. The van der Waals surface area contributed by atoms with Gasteiger partial charge < -0.3 is 14.2 Å². The first-order valence-corrected chi connectivity index (χ1v) is 11.2. The van der Waals surface area contributed by atoms with Crippen LogP contribution in [0.15, 0.2) is 48.5 Å². The third-order valence-corrected chi connectivity index (χ3v) is 5.03. The van der Waals surface area contributed by atoms with Gasteiger partial charge in [-0.05, 0) is 55.5 Å². The normalized spacial score (nSPS) is 12.9. The Morgan fingerprint density at radius 2 is 1.43 bits per heavy atom. The maximum Gasteiger partial charge on any atom is 0.335 e.